The second-order valence-corrected chi connectivity index (χ2v) is 3.58. The first kappa shape index (κ1) is 10.3. The summed E-state index contributed by atoms with van der Waals surface area (Å²) < 4.78 is 40.5. The van der Waals surface area contributed by atoms with Crippen LogP contribution in [0.2, 0.25) is 0 Å². The van der Waals surface area contributed by atoms with Crippen molar-refractivity contribution in [2.24, 2.45) is 0 Å². The number of hydrogen-bond acceptors (Lipinski definition) is 2. The third-order valence-electron chi connectivity index (χ3n) is 2.19. The topological polar surface area (TPSA) is 22.1 Å². The Labute approximate surface area is 85.1 Å². The van der Waals surface area contributed by atoms with Gasteiger partial charge in [-0.3, -0.25) is 0 Å². The minimum atomic E-state index is -4.31. The van der Waals surface area contributed by atoms with Gasteiger partial charge < -0.3 is 4.74 Å². The summed E-state index contributed by atoms with van der Waals surface area (Å²) in [6.07, 6.45) is -0.849. The highest BCUT2D eigenvalue weighted by molar-refractivity contribution is 5.32. The second-order valence-electron chi connectivity index (χ2n) is 3.58. The van der Waals surface area contributed by atoms with Crippen LogP contribution in [0, 0.1) is 0 Å². The van der Waals surface area contributed by atoms with Gasteiger partial charge in [-0.1, -0.05) is 6.07 Å². The zero-order chi connectivity index (χ0) is 10.9. The summed E-state index contributed by atoms with van der Waals surface area (Å²) in [6, 6.07) is 3.49. The third kappa shape index (κ3) is 2.84. The minimum Gasteiger partial charge on any atom is -0.468 e. The number of nitrogens with zero attached hydrogens (tertiary/aromatic N) is 1. The van der Waals surface area contributed by atoms with Gasteiger partial charge in [0, 0.05) is 11.8 Å². The van der Waals surface area contributed by atoms with Crippen molar-refractivity contribution in [1.82, 2.24) is 4.98 Å². The molecule has 2 rings (SSSR count). The number of aromatic nitrogens is 1. The van der Waals surface area contributed by atoms with Crippen LogP contribution in [-0.2, 0) is 0 Å². The molecule has 1 aliphatic rings. The standard InChI is InChI=1S/C10H10F3NO/c11-10(12,13)6-15-9-8(7-3-4-7)2-1-5-14-9/h1-2,5,7H,3-4,6H2. The molecule has 0 atom stereocenters. The highest BCUT2D eigenvalue weighted by Crippen LogP contribution is 2.43. The lowest BCUT2D eigenvalue weighted by Gasteiger charge is -2.11. The van der Waals surface area contributed by atoms with E-state index in [4.69, 9.17) is 0 Å². The quantitative estimate of drug-likeness (QED) is 0.776. The van der Waals surface area contributed by atoms with Crippen molar-refractivity contribution in [3.63, 3.8) is 0 Å². The lowest BCUT2D eigenvalue weighted by molar-refractivity contribution is -0.154. The van der Waals surface area contributed by atoms with Gasteiger partial charge in [0.1, 0.15) is 0 Å². The molecule has 82 valence electrons. The van der Waals surface area contributed by atoms with E-state index in [9.17, 15) is 13.2 Å². The molecule has 1 aromatic rings. The van der Waals surface area contributed by atoms with Crippen molar-refractivity contribution in [3.05, 3.63) is 23.9 Å². The van der Waals surface area contributed by atoms with Gasteiger partial charge >= 0.3 is 6.18 Å². The number of hydrogen-bond donors (Lipinski definition) is 0. The third-order valence-corrected chi connectivity index (χ3v) is 2.19. The summed E-state index contributed by atoms with van der Waals surface area (Å²) in [5.41, 5.74) is 0.793. The van der Waals surface area contributed by atoms with Gasteiger partial charge in [-0.2, -0.15) is 13.2 Å². The first-order chi connectivity index (χ1) is 7.06. The van der Waals surface area contributed by atoms with E-state index in [1.54, 1.807) is 12.1 Å². The van der Waals surface area contributed by atoms with Crippen LogP contribution in [0.3, 0.4) is 0 Å². The average Bonchev–Trinajstić information content (AvgIpc) is 2.97. The minimum absolute atomic E-state index is 0.123. The SMILES string of the molecule is FC(F)(F)COc1ncccc1C1CC1. The average molecular weight is 217 g/mol. The molecule has 0 aromatic carbocycles. The molecule has 1 saturated carbocycles. The summed E-state index contributed by atoms with van der Waals surface area (Å²) >= 11 is 0. The van der Waals surface area contributed by atoms with Crippen molar-refractivity contribution in [2.75, 3.05) is 6.61 Å². The van der Waals surface area contributed by atoms with Gasteiger partial charge in [-0.25, -0.2) is 4.98 Å². The molecular weight excluding hydrogens is 207 g/mol. The summed E-state index contributed by atoms with van der Waals surface area (Å²) in [7, 11) is 0. The molecule has 5 heteroatoms. The van der Waals surface area contributed by atoms with Crippen LogP contribution >= 0.6 is 0 Å². The van der Waals surface area contributed by atoms with Crippen molar-refractivity contribution < 1.29 is 17.9 Å². The number of alkyl halides is 3. The van der Waals surface area contributed by atoms with Gasteiger partial charge in [0.25, 0.3) is 0 Å². The Morgan fingerprint density at radius 3 is 2.73 bits per heavy atom. The monoisotopic (exact) mass is 217 g/mol. The molecule has 0 bridgehead atoms. The molecular formula is C10H10F3NO. The first-order valence-electron chi connectivity index (χ1n) is 4.71. The highest BCUT2D eigenvalue weighted by atomic mass is 19.4. The Hall–Kier alpha value is -1.26. The number of ether oxygens (including phenoxy) is 1. The Kier molecular flexibility index (Phi) is 2.54. The number of rotatable bonds is 3. The van der Waals surface area contributed by atoms with Gasteiger partial charge in [0.05, 0.1) is 0 Å². The van der Waals surface area contributed by atoms with Gasteiger partial charge in [-0.15, -0.1) is 0 Å². The van der Waals surface area contributed by atoms with E-state index < -0.39 is 12.8 Å². The Balaban J connectivity index is 2.06. The van der Waals surface area contributed by atoms with E-state index in [2.05, 4.69) is 9.72 Å². The van der Waals surface area contributed by atoms with Crippen LogP contribution in [-0.4, -0.2) is 17.8 Å². The summed E-state index contributed by atoms with van der Waals surface area (Å²) in [4.78, 5) is 3.82. The second kappa shape index (κ2) is 3.72. The van der Waals surface area contributed by atoms with Gasteiger partial charge in [0.2, 0.25) is 5.88 Å². The van der Waals surface area contributed by atoms with Crippen molar-refractivity contribution in [1.29, 1.82) is 0 Å². The van der Waals surface area contributed by atoms with E-state index in [0.29, 0.717) is 5.92 Å². The molecule has 0 radical (unpaired) electrons. The van der Waals surface area contributed by atoms with Crippen LogP contribution < -0.4 is 4.74 Å². The predicted molar refractivity (Wildman–Crippen MR) is 47.8 cm³/mol. The normalized spacial score (nSPS) is 16.5. The molecule has 0 amide bonds. The summed E-state index contributed by atoms with van der Waals surface area (Å²) in [6.45, 7) is -1.27. The molecule has 15 heavy (non-hydrogen) atoms. The Bertz CT molecular complexity index is 347. The Morgan fingerprint density at radius 2 is 2.13 bits per heavy atom. The predicted octanol–water partition coefficient (Wildman–Crippen LogP) is 2.90. The van der Waals surface area contributed by atoms with Crippen LogP contribution in [0.15, 0.2) is 18.3 Å². The van der Waals surface area contributed by atoms with Crippen LogP contribution in [0.4, 0.5) is 13.2 Å². The molecule has 0 N–H and O–H groups in total. The fourth-order valence-electron chi connectivity index (χ4n) is 1.38. The molecule has 0 aliphatic heterocycles. The lowest BCUT2D eigenvalue weighted by Crippen LogP contribution is -2.20. The number of pyridine rings is 1. The molecule has 0 spiro atoms. The molecule has 2 nitrogen and oxygen atoms in total. The zero-order valence-corrected chi connectivity index (χ0v) is 7.92. The molecule has 1 aromatic heterocycles. The highest BCUT2D eigenvalue weighted by Gasteiger charge is 2.31. The molecule has 0 saturated heterocycles. The number of halogens is 3. The van der Waals surface area contributed by atoms with Crippen molar-refractivity contribution >= 4 is 0 Å². The molecule has 1 fully saturated rings. The van der Waals surface area contributed by atoms with Crippen molar-refractivity contribution in [2.45, 2.75) is 24.9 Å². The maximum Gasteiger partial charge on any atom is 0.422 e. The maximum absolute atomic E-state index is 11.9. The maximum atomic E-state index is 11.9. The molecule has 1 heterocycles. The summed E-state index contributed by atoms with van der Waals surface area (Å²) in [5, 5.41) is 0. The smallest absolute Gasteiger partial charge is 0.422 e. The largest absolute Gasteiger partial charge is 0.468 e. The first-order valence-corrected chi connectivity index (χ1v) is 4.71. The van der Waals surface area contributed by atoms with Crippen molar-refractivity contribution in [3.8, 4) is 5.88 Å². The van der Waals surface area contributed by atoms with E-state index in [1.165, 1.54) is 6.20 Å². The molecule has 0 unspecified atom stereocenters. The van der Waals surface area contributed by atoms with E-state index in [0.717, 1.165) is 18.4 Å². The van der Waals surface area contributed by atoms with E-state index in [-0.39, 0.29) is 5.88 Å². The Morgan fingerprint density at radius 1 is 1.40 bits per heavy atom. The van der Waals surface area contributed by atoms with Crippen LogP contribution in [0.25, 0.3) is 0 Å². The lowest BCUT2D eigenvalue weighted by atomic mass is 10.2. The van der Waals surface area contributed by atoms with Crippen LogP contribution in [0.5, 0.6) is 5.88 Å². The van der Waals surface area contributed by atoms with E-state index in [1.807, 2.05) is 0 Å². The fraction of sp³-hybridized carbons (Fsp3) is 0.500. The van der Waals surface area contributed by atoms with E-state index >= 15 is 0 Å². The van der Waals surface area contributed by atoms with Gasteiger partial charge in [0.15, 0.2) is 6.61 Å². The fourth-order valence-corrected chi connectivity index (χ4v) is 1.38. The summed E-state index contributed by atoms with van der Waals surface area (Å²) in [5.74, 6) is 0.458. The van der Waals surface area contributed by atoms with Crippen LogP contribution in [0.1, 0.15) is 24.3 Å². The van der Waals surface area contributed by atoms with Gasteiger partial charge in [-0.05, 0) is 24.8 Å². The zero-order valence-electron chi connectivity index (χ0n) is 7.92. The molecule has 1 aliphatic carbocycles.